The maximum atomic E-state index is 6.04. The maximum absolute atomic E-state index is 6.04. The van der Waals surface area contributed by atoms with Crippen molar-refractivity contribution in [1.82, 2.24) is 19.4 Å². The molecule has 1 saturated carbocycles. The Labute approximate surface area is 240 Å². The van der Waals surface area contributed by atoms with Crippen molar-refractivity contribution in [1.29, 1.82) is 0 Å². The Morgan fingerprint density at radius 3 is 2.33 bits per heavy atom. The summed E-state index contributed by atoms with van der Waals surface area (Å²) in [6.45, 7) is 8.53. The number of pyridine rings is 1. The molecular formula is C34H46N4O2. The van der Waals surface area contributed by atoms with E-state index in [1.807, 2.05) is 18.5 Å². The minimum atomic E-state index is -0.247. The van der Waals surface area contributed by atoms with E-state index in [0.717, 1.165) is 48.9 Å². The molecule has 2 aromatic heterocycles. The number of hydrogen-bond donors (Lipinski definition) is 0. The molecule has 1 atom stereocenters. The highest BCUT2D eigenvalue weighted by Gasteiger charge is 2.34. The van der Waals surface area contributed by atoms with Gasteiger partial charge in [-0.05, 0) is 74.2 Å². The van der Waals surface area contributed by atoms with Crippen LogP contribution in [0.3, 0.4) is 0 Å². The van der Waals surface area contributed by atoms with Crippen molar-refractivity contribution in [2.24, 2.45) is 5.92 Å². The van der Waals surface area contributed by atoms with Crippen molar-refractivity contribution in [3.8, 4) is 22.6 Å². The maximum Gasteiger partial charge on any atom is 0.175 e. The van der Waals surface area contributed by atoms with E-state index in [1.165, 1.54) is 73.8 Å². The third-order valence-electron chi connectivity index (χ3n) is 9.46. The van der Waals surface area contributed by atoms with Gasteiger partial charge < -0.3 is 14.0 Å². The number of rotatable bonds is 9. The molecule has 0 spiro atoms. The summed E-state index contributed by atoms with van der Waals surface area (Å²) in [7, 11) is 0. The Hall–Kier alpha value is -2.54. The summed E-state index contributed by atoms with van der Waals surface area (Å²) in [6, 6.07) is 11.6. The first-order valence-corrected chi connectivity index (χ1v) is 15.8. The summed E-state index contributed by atoms with van der Waals surface area (Å²) in [5.74, 6) is 1.87. The van der Waals surface area contributed by atoms with Crippen molar-refractivity contribution in [2.75, 3.05) is 19.8 Å². The van der Waals surface area contributed by atoms with Gasteiger partial charge in [0, 0.05) is 36.1 Å². The van der Waals surface area contributed by atoms with Crippen LogP contribution in [0.2, 0.25) is 0 Å². The SMILES string of the molecule is CCc1cccc(CC)c1-c1nc(-c2cccnc2)c(CN2CCCCC2C2CCCCC2)n1CC1OCCO1. The van der Waals surface area contributed by atoms with Crippen LogP contribution >= 0.6 is 0 Å². The lowest BCUT2D eigenvalue weighted by Gasteiger charge is -2.42. The molecule has 3 aromatic rings. The highest BCUT2D eigenvalue weighted by atomic mass is 16.7. The molecule has 1 aliphatic carbocycles. The molecule has 6 heteroatoms. The second-order valence-electron chi connectivity index (χ2n) is 11.8. The second-order valence-corrected chi connectivity index (χ2v) is 11.8. The molecule has 3 aliphatic rings. The largest absolute Gasteiger partial charge is 0.348 e. The Morgan fingerprint density at radius 1 is 0.875 bits per heavy atom. The Bertz CT molecular complexity index is 1220. The Morgan fingerprint density at radius 2 is 1.62 bits per heavy atom. The van der Waals surface area contributed by atoms with E-state index in [-0.39, 0.29) is 6.29 Å². The van der Waals surface area contributed by atoms with Crippen LogP contribution < -0.4 is 0 Å². The van der Waals surface area contributed by atoms with Gasteiger partial charge in [0.2, 0.25) is 0 Å². The monoisotopic (exact) mass is 542 g/mol. The van der Waals surface area contributed by atoms with Gasteiger partial charge >= 0.3 is 0 Å². The number of aryl methyl sites for hydroxylation is 2. The standard InChI is InChI=1S/C34H46N4O2/c1-3-25-14-10-15-26(4-2)32(25)34-36-33(28-16-11-18-35-22-28)30(38(34)24-31-39-20-21-40-31)23-37-19-9-8-17-29(37)27-12-6-5-7-13-27/h10-11,14-16,18,22,27,29,31H,3-9,12-13,17,19-21,23-24H2,1-2H3. The number of imidazole rings is 1. The number of ether oxygens (including phenoxy) is 2. The third kappa shape index (κ3) is 5.77. The summed E-state index contributed by atoms with van der Waals surface area (Å²) in [4.78, 5) is 12.8. The lowest BCUT2D eigenvalue weighted by atomic mass is 9.80. The van der Waals surface area contributed by atoms with Crippen LogP contribution in [-0.4, -0.2) is 51.5 Å². The van der Waals surface area contributed by atoms with Crippen molar-refractivity contribution in [3.05, 3.63) is 59.5 Å². The van der Waals surface area contributed by atoms with Crippen molar-refractivity contribution >= 4 is 0 Å². The normalized spacial score (nSPS) is 21.3. The van der Waals surface area contributed by atoms with Crippen LogP contribution in [0.15, 0.2) is 42.7 Å². The highest BCUT2D eigenvalue weighted by molar-refractivity contribution is 5.72. The summed E-state index contributed by atoms with van der Waals surface area (Å²) in [5.41, 5.74) is 7.40. The first-order chi connectivity index (χ1) is 19.8. The summed E-state index contributed by atoms with van der Waals surface area (Å²) < 4.78 is 14.5. The number of aromatic nitrogens is 3. The number of likely N-dealkylation sites (tertiary alicyclic amines) is 1. The van der Waals surface area contributed by atoms with Gasteiger partial charge in [-0.25, -0.2) is 4.98 Å². The minimum absolute atomic E-state index is 0.247. The second kappa shape index (κ2) is 13.0. The number of benzene rings is 1. The molecule has 4 heterocycles. The van der Waals surface area contributed by atoms with Crippen LogP contribution in [0.4, 0.5) is 0 Å². The van der Waals surface area contributed by atoms with Crippen molar-refractivity contribution in [2.45, 2.75) is 103 Å². The van der Waals surface area contributed by atoms with Crippen LogP contribution in [0.1, 0.15) is 82.0 Å². The van der Waals surface area contributed by atoms with Crippen LogP contribution in [-0.2, 0) is 35.4 Å². The Balaban J connectivity index is 1.49. The molecule has 1 aromatic carbocycles. The zero-order valence-electron chi connectivity index (χ0n) is 24.5. The average molecular weight is 543 g/mol. The van der Waals surface area contributed by atoms with Gasteiger partial charge in [0.15, 0.2) is 6.29 Å². The lowest BCUT2D eigenvalue weighted by Crippen LogP contribution is -2.44. The summed E-state index contributed by atoms with van der Waals surface area (Å²) in [6.07, 6.45) is 16.4. The molecule has 2 aliphatic heterocycles. The third-order valence-corrected chi connectivity index (χ3v) is 9.46. The van der Waals surface area contributed by atoms with E-state index in [9.17, 15) is 0 Å². The van der Waals surface area contributed by atoms with Gasteiger partial charge in [-0.15, -0.1) is 0 Å². The number of hydrogen-bond acceptors (Lipinski definition) is 5. The van der Waals surface area contributed by atoms with Gasteiger partial charge in [-0.2, -0.15) is 0 Å². The topological polar surface area (TPSA) is 52.4 Å². The van der Waals surface area contributed by atoms with Gasteiger partial charge in [0.1, 0.15) is 5.82 Å². The van der Waals surface area contributed by atoms with E-state index in [4.69, 9.17) is 14.5 Å². The number of nitrogens with zero attached hydrogens (tertiary/aromatic N) is 4. The molecule has 2 saturated heterocycles. The molecule has 3 fully saturated rings. The average Bonchev–Trinajstić information content (AvgIpc) is 3.66. The fourth-order valence-corrected chi connectivity index (χ4v) is 7.42. The Kier molecular flexibility index (Phi) is 8.95. The molecule has 1 unspecified atom stereocenters. The van der Waals surface area contributed by atoms with Gasteiger partial charge in [0.25, 0.3) is 0 Å². The van der Waals surface area contributed by atoms with E-state index in [1.54, 1.807) is 0 Å². The molecule has 40 heavy (non-hydrogen) atoms. The van der Waals surface area contributed by atoms with Gasteiger partial charge in [0.05, 0.1) is 31.1 Å². The molecule has 0 amide bonds. The first-order valence-electron chi connectivity index (χ1n) is 15.8. The highest BCUT2D eigenvalue weighted by Crippen LogP contribution is 2.38. The fraction of sp³-hybridized carbons (Fsp3) is 0.588. The van der Waals surface area contributed by atoms with Crippen molar-refractivity contribution < 1.29 is 9.47 Å². The van der Waals surface area contributed by atoms with Gasteiger partial charge in [-0.3, -0.25) is 9.88 Å². The molecule has 0 bridgehead atoms. The molecular weight excluding hydrogens is 496 g/mol. The molecule has 6 nitrogen and oxygen atoms in total. The minimum Gasteiger partial charge on any atom is -0.348 e. The lowest BCUT2D eigenvalue weighted by molar-refractivity contribution is -0.0530. The zero-order valence-corrected chi connectivity index (χ0v) is 24.5. The van der Waals surface area contributed by atoms with E-state index >= 15 is 0 Å². The first kappa shape index (κ1) is 27.6. The predicted molar refractivity (Wildman–Crippen MR) is 160 cm³/mol. The van der Waals surface area contributed by atoms with Crippen LogP contribution in [0.25, 0.3) is 22.6 Å². The molecule has 214 valence electrons. The van der Waals surface area contributed by atoms with Gasteiger partial charge in [-0.1, -0.05) is 57.7 Å². The smallest absolute Gasteiger partial charge is 0.175 e. The van der Waals surface area contributed by atoms with Crippen LogP contribution in [0, 0.1) is 5.92 Å². The molecule has 6 rings (SSSR count). The summed E-state index contributed by atoms with van der Waals surface area (Å²) >= 11 is 0. The molecule has 0 N–H and O–H groups in total. The zero-order chi connectivity index (χ0) is 27.3. The number of piperidine rings is 1. The summed E-state index contributed by atoms with van der Waals surface area (Å²) in [5, 5.41) is 0. The molecule has 0 radical (unpaired) electrons. The fourth-order valence-electron chi connectivity index (χ4n) is 7.42. The van der Waals surface area contributed by atoms with E-state index in [2.05, 4.69) is 52.6 Å². The van der Waals surface area contributed by atoms with Crippen molar-refractivity contribution in [3.63, 3.8) is 0 Å². The predicted octanol–water partition coefficient (Wildman–Crippen LogP) is 7.04. The van der Waals surface area contributed by atoms with E-state index in [0.29, 0.717) is 25.8 Å². The van der Waals surface area contributed by atoms with Crippen LogP contribution in [0.5, 0.6) is 0 Å². The van der Waals surface area contributed by atoms with E-state index < -0.39 is 0 Å². The quantitative estimate of drug-likeness (QED) is 0.290.